The first-order valence-corrected chi connectivity index (χ1v) is 6.06. The van der Waals surface area contributed by atoms with Crippen molar-refractivity contribution in [2.75, 3.05) is 6.54 Å². The number of carbonyl (C=O) groups is 1. The summed E-state index contributed by atoms with van der Waals surface area (Å²) in [4.78, 5) is 11.6. The van der Waals surface area contributed by atoms with E-state index in [1.54, 1.807) is 12.1 Å². The van der Waals surface area contributed by atoms with Crippen molar-refractivity contribution in [3.63, 3.8) is 0 Å². The highest BCUT2D eigenvalue weighted by molar-refractivity contribution is 6.30. The summed E-state index contributed by atoms with van der Waals surface area (Å²) in [5.74, 6) is -0.473. The van der Waals surface area contributed by atoms with Crippen molar-refractivity contribution in [2.24, 2.45) is 0 Å². The Morgan fingerprint density at radius 3 is 2.82 bits per heavy atom. The maximum atomic E-state index is 13.5. The van der Waals surface area contributed by atoms with Crippen LogP contribution < -0.4 is 5.32 Å². The second-order valence-electron chi connectivity index (χ2n) is 4.29. The molecule has 0 saturated carbocycles. The predicted octanol–water partition coefficient (Wildman–Crippen LogP) is 2.98. The standard InChI is InChI=1S/C13H17ClFNO/c1-9(2)16-7-6-11(17)8-10-4-3-5-12(14)13(10)15/h3-5,9,16H,6-8H2,1-2H3. The van der Waals surface area contributed by atoms with E-state index in [4.69, 9.17) is 11.6 Å². The third-order valence-corrected chi connectivity index (χ3v) is 2.67. The van der Waals surface area contributed by atoms with Crippen molar-refractivity contribution in [2.45, 2.75) is 32.7 Å². The van der Waals surface area contributed by atoms with Gasteiger partial charge in [0.25, 0.3) is 0 Å². The number of benzene rings is 1. The Kier molecular flexibility index (Phi) is 5.59. The summed E-state index contributed by atoms with van der Waals surface area (Å²) in [5.41, 5.74) is 0.368. The normalized spacial score (nSPS) is 10.9. The van der Waals surface area contributed by atoms with Gasteiger partial charge in [0.15, 0.2) is 0 Å². The van der Waals surface area contributed by atoms with Gasteiger partial charge in [0.1, 0.15) is 11.6 Å². The van der Waals surface area contributed by atoms with Gasteiger partial charge in [-0.2, -0.15) is 0 Å². The molecule has 0 spiro atoms. The van der Waals surface area contributed by atoms with Gasteiger partial charge in [-0.1, -0.05) is 37.6 Å². The van der Waals surface area contributed by atoms with Gasteiger partial charge < -0.3 is 5.32 Å². The minimum atomic E-state index is -0.487. The molecule has 0 atom stereocenters. The molecule has 1 rings (SSSR count). The van der Waals surface area contributed by atoms with Gasteiger partial charge >= 0.3 is 0 Å². The highest BCUT2D eigenvalue weighted by Crippen LogP contribution is 2.18. The number of rotatable bonds is 6. The van der Waals surface area contributed by atoms with Crippen molar-refractivity contribution in [1.29, 1.82) is 0 Å². The molecule has 17 heavy (non-hydrogen) atoms. The Bertz CT molecular complexity index is 393. The van der Waals surface area contributed by atoms with Crippen molar-refractivity contribution in [3.05, 3.63) is 34.6 Å². The molecule has 0 aliphatic heterocycles. The predicted molar refractivity (Wildman–Crippen MR) is 67.9 cm³/mol. The summed E-state index contributed by atoms with van der Waals surface area (Å²) < 4.78 is 13.5. The van der Waals surface area contributed by atoms with E-state index in [1.165, 1.54) is 6.07 Å². The third-order valence-electron chi connectivity index (χ3n) is 2.38. The quantitative estimate of drug-likeness (QED) is 0.849. The van der Waals surface area contributed by atoms with Crippen molar-refractivity contribution >= 4 is 17.4 Å². The molecule has 0 aliphatic rings. The summed E-state index contributed by atoms with van der Waals surface area (Å²) in [6, 6.07) is 5.08. The lowest BCUT2D eigenvalue weighted by Gasteiger charge is -2.07. The summed E-state index contributed by atoms with van der Waals surface area (Å²) in [6.45, 7) is 4.65. The highest BCUT2D eigenvalue weighted by Gasteiger charge is 2.10. The molecule has 0 aliphatic carbocycles. The molecule has 0 aromatic heterocycles. The number of halogens is 2. The first-order chi connectivity index (χ1) is 8.00. The molecule has 0 radical (unpaired) electrons. The number of hydrogen-bond donors (Lipinski definition) is 1. The smallest absolute Gasteiger partial charge is 0.145 e. The van der Waals surface area contributed by atoms with Crippen LogP contribution in [0.1, 0.15) is 25.8 Å². The van der Waals surface area contributed by atoms with E-state index < -0.39 is 5.82 Å². The second-order valence-corrected chi connectivity index (χ2v) is 4.69. The first kappa shape index (κ1) is 14.1. The molecule has 94 valence electrons. The van der Waals surface area contributed by atoms with Crippen LogP contribution in [0.15, 0.2) is 18.2 Å². The van der Waals surface area contributed by atoms with Crippen molar-refractivity contribution in [1.82, 2.24) is 5.32 Å². The number of ketones is 1. The zero-order valence-electron chi connectivity index (χ0n) is 10.1. The average Bonchev–Trinajstić information content (AvgIpc) is 2.24. The molecule has 0 amide bonds. The second kappa shape index (κ2) is 6.72. The number of nitrogens with one attached hydrogen (secondary N) is 1. The lowest BCUT2D eigenvalue weighted by molar-refractivity contribution is -0.118. The van der Waals surface area contributed by atoms with Crippen LogP contribution in [0, 0.1) is 5.82 Å². The topological polar surface area (TPSA) is 29.1 Å². The summed E-state index contributed by atoms with van der Waals surface area (Å²) in [6.07, 6.45) is 0.510. The molecule has 0 unspecified atom stereocenters. The number of hydrogen-bond acceptors (Lipinski definition) is 2. The summed E-state index contributed by atoms with van der Waals surface area (Å²) in [5, 5.41) is 3.21. The van der Waals surface area contributed by atoms with Gasteiger partial charge in [0, 0.05) is 25.4 Å². The van der Waals surface area contributed by atoms with Gasteiger partial charge in [0.2, 0.25) is 0 Å². The van der Waals surface area contributed by atoms with Gasteiger partial charge in [-0.25, -0.2) is 4.39 Å². The largest absolute Gasteiger partial charge is 0.314 e. The SMILES string of the molecule is CC(C)NCCC(=O)Cc1cccc(Cl)c1F. The van der Waals surface area contributed by atoms with Crippen LogP contribution in [0.25, 0.3) is 0 Å². The lowest BCUT2D eigenvalue weighted by Crippen LogP contribution is -2.25. The highest BCUT2D eigenvalue weighted by atomic mass is 35.5. The third kappa shape index (κ3) is 4.84. The van der Waals surface area contributed by atoms with E-state index in [1.807, 2.05) is 13.8 Å². The summed E-state index contributed by atoms with van der Waals surface area (Å²) in [7, 11) is 0. The molecular weight excluding hydrogens is 241 g/mol. The molecule has 0 saturated heterocycles. The molecule has 4 heteroatoms. The van der Waals surface area contributed by atoms with E-state index in [0.717, 1.165) is 0 Å². The zero-order chi connectivity index (χ0) is 12.8. The molecule has 0 heterocycles. The van der Waals surface area contributed by atoms with Crippen LogP contribution in [0.4, 0.5) is 4.39 Å². The Hall–Kier alpha value is -0.930. The maximum absolute atomic E-state index is 13.5. The van der Waals surface area contributed by atoms with Crippen molar-refractivity contribution < 1.29 is 9.18 Å². The fourth-order valence-electron chi connectivity index (χ4n) is 1.49. The van der Waals surface area contributed by atoms with Crippen molar-refractivity contribution in [3.8, 4) is 0 Å². The fourth-order valence-corrected chi connectivity index (χ4v) is 1.68. The Morgan fingerprint density at radius 2 is 2.18 bits per heavy atom. The molecule has 2 nitrogen and oxygen atoms in total. The molecule has 1 aromatic rings. The van der Waals surface area contributed by atoms with Crippen LogP contribution in [0.5, 0.6) is 0 Å². The molecule has 1 aromatic carbocycles. The van der Waals surface area contributed by atoms with Crippen LogP contribution in [0.2, 0.25) is 5.02 Å². The Morgan fingerprint density at radius 1 is 1.47 bits per heavy atom. The molecular formula is C13H17ClFNO. The van der Waals surface area contributed by atoms with E-state index in [9.17, 15) is 9.18 Å². The van der Waals surface area contributed by atoms with E-state index in [0.29, 0.717) is 24.6 Å². The molecule has 1 N–H and O–H groups in total. The van der Waals surface area contributed by atoms with E-state index >= 15 is 0 Å². The zero-order valence-corrected chi connectivity index (χ0v) is 10.9. The van der Waals surface area contributed by atoms with Gasteiger partial charge in [-0.3, -0.25) is 4.79 Å². The van der Waals surface area contributed by atoms with E-state index in [2.05, 4.69) is 5.32 Å². The van der Waals surface area contributed by atoms with Gasteiger partial charge in [0.05, 0.1) is 5.02 Å². The molecule has 0 fully saturated rings. The fraction of sp³-hybridized carbons (Fsp3) is 0.462. The monoisotopic (exact) mass is 257 g/mol. The number of Topliss-reactive ketones (excluding diaryl/α,β-unsaturated/α-hetero) is 1. The van der Waals surface area contributed by atoms with Crippen LogP contribution in [0.3, 0.4) is 0 Å². The molecule has 0 bridgehead atoms. The van der Waals surface area contributed by atoms with Gasteiger partial charge in [-0.15, -0.1) is 0 Å². The Labute approximate surface area is 106 Å². The van der Waals surface area contributed by atoms with Crippen LogP contribution in [-0.2, 0) is 11.2 Å². The van der Waals surface area contributed by atoms with Gasteiger partial charge in [-0.05, 0) is 11.6 Å². The van der Waals surface area contributed by atoms with Crippen LogP contribution in [-0.4, -0.2) is 18.4 Å². The lowest BCUT2D eigenvalue weighted by atomic mass is 10.1. The Balaban J connectivity index is 2.48. The minimum Gasteiger partial charge on any atom is -0.314 e. The number of carbonyl (C=O) groups excluding carboxylic acids is 1. The minimum absolute atomic E-state index is 0.0133. The first-order valence-electron chi connectivity index (χ1n) is 5.68. The van der Waals surface area contributed by atoms with E-state index in [-0.39, 0.29) is 17.2 Å². The average molecular weight is 258 g/mol. The summed E-state index contributed by atoms with van der Waals surface area (Å²) >= 11 is 5.64. The maximum Gasteiger partial charge on any atom is 0.145 e. The van der Waals surface area contributed by atoms with Crippen LogP contribution >= 0.6 is 11.6 Å².